The van der Waals surface area contributed by atoms with Crippen molar-refractivity contribution < 1.29 is 52.2 Å². The van der Waals surface area contributed by atoms with Crippen LogP contribution in [0.2, 0.25) is 0 Å². The Bertz CT molecular complexity index is 1110. The van der Waals surface area contributed by atoms with Gasteiger partial charge in [0, 0.05) is 28.4 Å². The van der Waals surface area contributed by atoms with Crippen LogP contribution in [-0.2, 0) is 54.0 Å². The molecule has 0 N–H and O–H groups in total. The van der Waals surface area contributed by atoms with E-state index in [1.165, 1.54) is 14.2 Å². The number of allylic oxidation sites excluding steroid dienone is 2. The third-order valence-electron chi connectivity index (χ3n) is 8.97. The van der Waals surface area contributed by atoms with Gasteiger partial charge in [-0.25, -0.2) is 4.79 Å². The summed E-state index contributed by atoms with van der Waals surface area (Å²) in [5.74, 6) is -5.06. The first-order valence-electron chi connectivity index (χ1n) is 15.3. The number of carbonyl (C=O) groups is 1. The minimum absolute atomic E-state index is 0.0246. The fraction of sp³-hybridized carbons (Fsp3) is 0.676. The fourth-order valence-electron chi connectivity index (χ4n) is 5.43. The highest BCUT2D eigenvalue weighted by molar-refractivity contribution is 5.89. The first-order valence-corrected chi connectivity index (χ1v) is 15.3. The Balaban J connectivity index is 1.58. The van der Waals surface area contributed by atoms with Crippen LogP contribution in [0.1, 0.15) is 69.3 Å². The molecule has 2 aliphatic rings. The molecule has 3 rings (SSSR count). The van der Waals surface area contributed by atoms with Gasteiger partial charge in [-0.05, 0) is 71.1 Å². The molecule has 0 radical (unpaired) electrons. The number of carbonyl (C=O) groups excluding carboxylic acids is 1. The van der Waals surface area contributed by atoms with Crippen molar-refractivity contribution in [3.8, 4) is 0 Å². The maximum absolute atomic E-state index is 13.0. The quantitative estimate of drug-likeness (QED) is 0.164. The zero-order chi connectivity index (χ0) is 33.3. The molecule has 0 spiro atoms. The average Bonchev–Trinajstić information content (AvgIpc) is 3.05. The molecule has 45 heavy (non-hydrogen) atoms. The Kier molecular flexibility index (Phi) is 13.3. The van der Waals surface area contributed by atoms with Crippen LogP contribution in [-0.4, -0.2) is 95.2 Å². The van der Waals surface area contributed by atoms with Crippen LogP contribution in [0.4, 0.5) is 0 Å². The van der Waals surface area contributed by atoms with Crippen molar-refractivity contribution in [2.24, 2.45) is 0 Å². The molecule has 0 amide bonds. The summed E-state index contributed by atoms with van der Waals surface area (Å²) in [6, 6.07) is 7.05. The smallest absolute Gasteiger partial charge is 0.338 e. The Labute approximate surface area is 268 Å². The van der Waals surface area contributed by atoms with Crippen LogP contribution < -0.4 is 0 Å². The van der Waals surface area contributed by atoms with Crippen molar-refractivity contribution in [3.63, 3.8) is 0 Å². The topological polar surface area (TPSA) is 109 Å². The molecule has 11 nitrogen and oxygen atoms in total. The number of hydrogen-bond donors (Lipinski definition) is 0. The first-order chi connectivity index (χ1) is 21.4. The highest BCUT2D eigenvalue weighted by atomic mass is 16.8. The van der Waals surface area contributed by atoms with Crippen molar-refractivity contribution in [2.45, 2.75) is 108 Å². The molecule has 2 fully saturated rings. The van der Waals surface area contributed by atoms with Crippen LogP contribution in [0, 0.1) is 0 Å². The van der Waals surface area contributed by atoms with Gasteiger partial charge >= 0.3 is 5.97 Å². The van der Waals surface area contributed by atoms with Crippen LogP contribution in [0.3, 0.4) is 0 Å². The molecule has 0 saturated carbocycles. The van der Waals surface area contributed by atoms with E-state index in [1.807, 2.05) is 18.2 Å². The summed E-state index contributed by atoms with van der Waals surface area (Å²) in [5, 5.41) is 0. The molecular formula is C34H52O11. The second-order valence-corrected chi connectivity index (χ2v) is 11.8. The van der Waals surface area contributed by atoms with Gasteiger partial charge in [-0.2, -0.15) is 0 Å². The molecule has 2 heterocycles. The Morgan fingerprint density at radius 3 is 1.49 bits per heavy atom. The summed E-state index contributed by atoms with van der Waals surface area (Å²) < 4.78 is 59.5. The number of ether oxygens (including phenoxy) is 10. The third-order valence-corrected chi connectivity index (χ3v) is 8.97. The third kappa shape index (κ3) is 8.40. The zero-order valence-electron chi connectivity index (χ0n) is 28.1. The standard InChI is InChI=1S/C34H52O11/c1-11-13-15-26-28(44-33(5,38-9)31(3,36-7)42-26)22-40-21-24-17-19-25(20-18-24)30(35)41-23-29-27(16-14-12-2)43-32(4,37-8)34(6,39-10)45-29/h11-12,17-20,26-29H,1-2,13-16,21-23H2,3-10H3/t26-,27-,28-,29-,31+,32+,33+,34+/m1/s1. The van der Waals surface area contributed by atoms with Gasteiger partial charge in [-0.1, -0.05) is 24.3 Å². The molecule has 1 aromatic rings. The van der Waals surface area contributed by atoms with E-state index in [1.54, 1.807) is 60.1 Å². The number of benzene rings is 1. The van der Waals surface area contributed by atoms with Gasteiger partial charge in [0.15, 0.2) is 0 Å². The van der Waals surface area contributed by atoms with Gasteiger partial charge in [0.2, 0.25) is 23.1 Å². The predicted molar refractivity (Wildman–Crippen MR) is 166 cm³/mol. The predicted octanol–water partition coefficient (Wildman–Crippen LogP) is 5.31. The van der Waals surface area contributed by atoms with Gasteiger partial charge in [0.05, 0.1) is 31.0 Å². The van der Waals surface area contributed by atoms with Crippen molar-refractivity contribution in [2.75, 3.05) is 41.7 Å². The Morgan fingerprint density at radius 1 is 0.689 bits per heavy atom. The van der Waals surface area contributed by atoms with Gasteiger partial charge in [0.25, 0.3) is 0 Å². The molecule has 0 aromatic heterocycles. The van der Waals surface area contributed by atoms with Gasteiger partial charge in [-0.3, -0.25) is 0 Å². The van der Waals surface area contributed by atoms with E-state index in [9.17, 15) is 4.79 Å². The van der Waals surface area contributed by atoms with Gasteiger partial charge in [0.1, 0.15) is 18.8 Å². The molecule has 254 valence electrons. The van der Waals surface area contributed by atoms with E-state index in [4.69, 9.17) is 47.4 Å². The van der Waals surface area contributed by atoms with Crippen LogP contribution in [0.5, 0.6) is 0 Å². The van der Waals surface area contributed by atoms with E-state index >= 15 is 0 Å². The van der Waals surface area contributed by atoms with E-state index in [2.05, 4.69) is 13.2 Å². The van der Waals surface area contributed by atoms with Crippen LogP contribution in [0.25, 0.3) is 0 Å². The average molecular weight is 637 g/mol. The van der Waals surface area contributed by atoms with E-state index < -0.39 is 47.4 Å². The number of rotatable bonds is 17. The van der Waals surface area contributed by atoms with Gasteiger partial charge in [-0.15, -0.1) is 13.2 Å². The summed E-state index contributed by atoms with van der Waals surface area (Å²) in [6.07, 6.45) is 4.74. The minimum Gasteiger partial charge on any atom is -0.459 e. The summed E-state index contributed by atoms with van der Waals surface area (Å²) in [4.78, 5) is 13.0. The summed E-state index contributed by atoms with van der Waals surface area (Å²) in [6.45, 7) is 15.2. The lowest BCUT2D eigenvalue weighted by atomic mass is 10.0. The van der Waals surface area contributed by atoms with Gasteiger partial charge < -0.3 is 47.4 Å². The number of hydrogen-bond acceptors (Lipinski definition) is 11. The molecule has 0 aliphatic carbocycles. The lowest BCUT2D eigenvalue weighted by Gasteiger charge is -2.52. The van der Waals surface area contributed by atoms with Crippen LogP contribution in [0.15, 0.2) is 49.6 Å². The SMILES string of the molecule is C=CCC[C@H]1O[C@](C)(OC)[C@@](C)(OC)O[C@@H]1COCc1ccc(C(=O)OC[C@H]2O[C@](C)(OC)[C@@](C)(OC)O[C@@H]2CCC=C)cc1. The molecule has 2 aliphatic heterocycles. The lowest BCUT2D eigenvalue weighted by Crippen LogP contribution is -2.65. The molecule has 11 heteroatoms. The molecule has 0 unspecified atom stereocenters. The molecule has 1 aromatic carbocycles. The molecule has 8 atom stereocenters. The highest BCUT2D eigenvalue weighted by Gasteiger charge is 2.57. The van der Waals surface area contributed by atoms with Crippen molar-refractivity contribution in [3.05, 3.63) is 60.7 Å². The normalized spacial score (nSPS) is 35.1. The van der Waals surface area contributed by atoms with E-state index in [0.717, 1.165) is 12.0 Å². The lowest BCUT2D eigenvalue weighted by molar-refractivity contribution is -0.450. The second kappa shape index (κ2) is 16.1. The molecular weight excluding hydrogens is 584 g/mol. The highest BCUT2D eigenvalue weighted by Crippen LogP contribution is 2.41. The van der Waals surface area contributed by atoms with E-state index in [0.29, 0.717) is 31.4 Å². The van der Waals surface area contributed by atoms with Crippen molar-refractivity contribution >= 4 is 5.97 Å². The summed E-state index contributed by atoms with van der Waals surface area (Å²) >= 11 is 0. The Morgan fingerprint density at radius 2 is 1.09 bits per heavy atom. The minimum atomic E-state index is -1.21. The maximum atomic E-state index is 13.0. The van der Waals surface area contributed by atoms with Crippen molar-refractivity contribution in [1.29, 1.82) is 0 Å². The second-order valence-electron chi connectivity index (χ2n) is 11.8. The number of methoxy groups -OCH3 is 4. The molecule has 0 bridgehead atoms. The van der Waals surface area contributed by atoms with Crippen molar-refractivity contribution in [1.82, 2.24) is 0 Å². The molecule has 2 saturated heterocycles. The fourth-order valence-corrected chi connectivity index (χ4v) is 5.43. The largest absolute Gasteiger partial charge is 0.459 e. The zero-order valence-corrected chi connectivity index (χ0v) is 28.1. The van der Waals surface area contributed by atoms with Crippen LogP contribution >= 0.6 is 0 Å². The first kappa shape index (κ1) is 37.3. The monoisotopic (exact) mass is 636 g/mol. The summed E-state index contributed by atoms with van der Waals surface area (Å²) in [7, 11) is 6.17. The summed E-state index contributed by atoms with van der Waals surface area (Å²) in [5.41, 5.74) is 1.28. The van der Waals surface area contributed by atoms with E-state index in [-0.39, 0.29) is 19.3 Å². The Hall–Kier alpha value is -2.19. The maximum Gasteiger partial charge on any atom is 0.338 e. The number of esters is 1.